The van der Waals surface area contributed by atoms with Gasteiger partial charge in [0.05, 0.1) is 13.2 Å². The first-order valence-corrected chi connectivity index (χ1v) is 8.91. The molecule has 0 radical (unpaired) electrons. The minimum Gasteiger partial charge on any atom is -0.494 e. The molecule has 5 nitrogen and oxygen atoms in total. The fourth-order valence-corrected chi connectivity index (χ4v) is 2.88. The zero-order chi connectivity index (χ0) is 17.5. The first-order valence-electron chi connectivity index (χ1n) is 8.91. The second kappa shape index (κ2) is 8.51. The molecule has 0 saturated heterocycles. The average molecular weight is 340 g/mol. The second-order valence-corrected chi connectivity index (χ2v) is 6.21. The summed E-state index contributed by atoms with van der Waals surface area (Å²) in [5.41, 5.74) is 2.99. The van der Waals surface area contributed by atoms with E-state index in [1.54, 1.807) is 6.08 Å². The number of nitrogens with one attached hydrogen (secondary N) is 1. The Morgan fingerprint density at radius 1 is 1.28 bits per heavy atom. The van der Waals surface area contributed by atoms with Crippen molar-refractivity contribution in [2.75, 3.05) is 6.61 Å². The summed E-state index contributed by atoms with van der Waals surface area (Å²) in [6.45, 7) is 3.19. The number of nitrogens with zero attached hydrogens (tertiary/aromatic N) is 1. The number of fused-ring (bicyclic) bond motifs is 1. The average Bonchev–Trinajstić information content (AvgIpc) is 3.07. The smallest absolute Gasteiger partial charge is 0.244 e. The summed E-state index contributed by atoms with van der Waals surface area (Å²) in [6.07, 6.45) is 8.56. The van der Waals surface area contributed by atoms with Gasteiger partial charge in [0.2, 0.25) is 5.91 Å². The number of amides is 1. The number of hydrogen-bond donors (Lipinski definition) is 1. The molecule has 1 amide bonds. The van der Waals surface area contributed by atoms with Crippen LogP contribution < -0.4 is 10.1 Å². The standard InChI is InChI=1S/C20H24N2O3/c1-2-13-24-16-10-7-15(8-11-16)9-12-20(23)21-14-18-17-5-3-4-6-19(17)25-22-18/h7-12H,2-6,13-14H2,1H3,(H,21,23). The predicted octanol–water partition coefficient (Wildman–Crippen LogP) is 3.67. The zero-order valence-corrected chi connectivity index (χ0v) is 14.6. The van der Waals surface area contributed by atoms with Gasteiger partial charge < -0.3 is 14.6 Å². The summed E-state index contributed by atoms with van der Waals surface area (Å²) < 4.78 is 10.9. The van der Waals surface area contributed by atoms with Crippen molar-refractivity contribution in [2.45, 2.75) is 45.6 Å². The molecule has 1 heterocycles. The molecule has 0 atom stereocenters. The van der Waals surface area contributed by atoms with Crippen LogP contribution in [0.4, 0.5) is 0 Å². The van der Waals surface area contributed by atoms with Gasteiger partial charge in [-0.05, 0) is 49.5 Å². The summed E-state index contributed by atoms with van der Waals surface area (Å²) in [7, 11) is 0. The molecular weight excluding hydrogens is 316 g/mol. The van der Waals surface area contributed by atoms with Crippen LogP contribution in [0.3, 0.4) is 0 Å². The summed E-state index contributed by atoms with van der Waals surface area (Å²) in [4.78, 5) is 12.0. The van der Waals surface area contributed by atoms with E-state index in [2.05, 4.69) is 17.4 Å². The summed E-state index contributed by atoms with van der Waals surface area (Å²) >= 11 is 0. The van der Waals surface area contributed by atoms with Crippen LogP contribution >= 0.6 is 0 Å². The molecule has 0 saturated carbocycles. The number of hydrogen-bond acceptors (Lipinski definition) is 4. The van der Waals surface area contributed by atoms with E-state index in [0.717, 1.165) is 54.9 Å². The number of carbonyl (C=O) groups excluding carboxylic acids is 1. The maximum absolute atomic E-state index is 12.0. The lowest BCUT2D eigenvalue weighted by atomic mass is 9.96. The molecule has 0 aliphatic heterocycles. The quantitative estimate of drug-likeness (QED) is 0.781. The first kappa shape index (κ1) is 17.3. The second-order valence-electron chi connectivity index (χ2n) is 6.21. The maximum atomic E-state index is 12.0. The number of aryl methyl sites for hydroxylation is 1. The van der Waals surface area contributed by atoms with E-state index >= 15 is 0 Å². The lowest BCUT2D eigenvalue weighted by Gasteiger charge is -2.09. The van der Waals surface area contributed by atoms with Gasteiger partial charge in [-0.3, -0.25) is 4.79 Å². The van der Waals surface area contributed by atoms with Crippen LogP contribution in [-0.4, -0.2) is 17.7 Å². The Hall–Kier alpha value is -2.56. The highest BCUT2D eigenvalue weighted by atomic mass is 16.5. The minimum atomic E-state index is -0.140. The molecule has 25 heavy (non-hydrogen) atoms. The molecular formula is C20H24N2O3. The Balaban J connectivity index is 1.50. The topological polar surface area (TPSA) is 64.4 Å². The summed E-state index contributed by atoms with van der Waals surface area (Å²) in [5, 5.41) is 6.97. The van der Waals surface area contributed by atoms with Gasteiger partial charge in [0.25, 0.3) is 0 Å². The molecule has 0 unspecified atom stereocenters. The highest BCUT2D eigenvalue weighted by Gasteiger charge is 2.19. The fourth-order valence-electron chi connectivity index (χ4n) is 2.88. The molecule has 0 spiro atoms. The van der Waals surface area contributed by atoms with Crippen molar-refractivity contribution in [3.05, 3.63) is 52.9 Å². The number of carbonyl (C=O) groups is 1. The summed E-state index contributed by atoms with van der Waals surface area (Å²) in [6, 6.07) is 7.69. The van der Waals surface area contributed by atoms with E-state index in [1.807, 2.05) is 24.3 Å². The zero-order valence-electron chi connectivity index (χ0n) is 14.6. The third-order valence-corrected chi connectivity index (χ3v) is 4.24. The Morgan fingerprint density at radius 3 is 2.88 bits per heavy atom. The molecule has 5 heteroatoms. The van der Waals surface area contributed by atoms with E-state index in [4.69, 9.17) is 9.26 Å². The van der Waals surface area contributed by atoms with Crippen LogP contribution in [0.15, 0.2) is 34.9 Å². The minimum absolute atomic E-state index is 0.140. The molecule has 1 aliphatic carbocycles. The van der Waals surface area contributed by atoms with Gasteiger partial charge in [-0.15, -0.1) is 0 Å². The highest BCUT2D eigenvalue weighted by Crippen LogP contribution is 2.24. The lowest BCUT2D eigenvalue weighted by molar-refractivity contribution is -0.116. The molecule has 3 rings (SSSR count). The molecule has 0 fully saturated rings. The maximum Gasteiger partial charge on any atom is 0.244 e. The van der Waals surface area contributed by atoms with Crippen LogP contribution in [0.25, 0.3) is 6.08 Å². The van der Waals surface area contributed by atoms with Crippen LogP contribution in [-0.2, 0) is 24.2 Å². The molecule has 0 bridgehead atoms. The van der Waals surface area contributed by atoms with Crippen LogP contribution in [0.5, 0.6) is 5.75 Å². The SMILES string of the molecule is CCCOc1ccc(C=CC(=O)NCc2noc3c2CCCC3)cc1. The van der Waals surface area contributed by atoms with Crippen molar-refractivity contribution < 1.29 is 14.1 Å². The van der Waals surface area contributed by atoms with E-state index < -0.39 is 0 Å². The molecule has 1 aromatic heterocycles. The fraction of sp³-hybridized carbons (Fsp3) is 0.400. The van der Waals surface area contributed by atoms with E-state index in [9.17, 15) is 4.79 Å². The van der Waals surface area contributed by atoms with Crippen LogP contribution in [0.2, 0.25) is 0 Å². The Morgan fingerprint density at radius 2 is 2.08 bits per heavy atom. The van der Waals surface area contributed by atoms with Crippen molar-refractivity contribution in [3.8, 4) is 5.75 Å². The monoisotopic (exact) mass is 340 g/mol. The third-order valence-electron chi connectivity index (χ3n) is 4.24. The number of rotatable bonds is 7. The van der Waals surface area contributed by atoms with E-state index in [-0.39, 0.29) is 5.91 Å². The van der Waals surface area contributed by atoms with Gasteiger partial charge in [-0.2, -0.15) is 0 Å². The third kappa shape index (κ3) is 4.72. The largest absolute Gasteiger partial charge is 0.494 e. The highest BCUT2D eigenvalue weighted by molar-refractivity contribution is 5.91. The Labute approximate surface area is 148 Å². The van der Waals surface area contributed by atoms with Gasteiger partial charge in [-0.25, -0.2) is 0 Å². The number of ether oxygens (including phenoxy) is 1. The normalized spacial score (nSPS) is 13.6. The van der Waals surface area contributed by atoms with Gasteiger partial charge in [0.1, 0.15) is 17.2 Å². The van der Waals surface area contributed by atoms with Crippen molar-refractivity contribution in [1.29, 1.82) is 0 Å². The number of aromatic nitrogens is 1. The van der Waals surface area contributed by atoms with Crippen molar-refractivity contribution in [1.82, 2.24) is 10.5 Å². The Bertz CT molecular complexity index is 732. The summed E-state index contributed by atoms with van der Waals surface area (Å²) in [5.74, 6) is 1.69. The van der Waals surface area contributed by atoms with Crippen molar-refractivity contribution in [3.63, 3.8) is 0 Å². The van der Waals surface area contributed by atoms with Crippen LogP contribution in [0, 0.1) is 0 Å². The van der Waals surface area contributed by atoms with E-state index in [1.165, 1.54) is 11.6 Å². The predicted molar refractivity (Wildman–Crippen MR) is 96.3 cm³/mol. The molecule has 132 valence electrons. The van der Waals surface area contributed by atoms with Crippen molar-refractivity contribution >= 4 is 12.0 Å². The van der Waals surface area contributed by atoms with Gasteiger partial charge in [0.15, 0.2) is 0 Å². The number of benzene rings is 1. The van der Waals surface area contributed by atoms with Gasteiger partial charge in [0, 0.05) is 18.1 Å². The first-order chi connectivity index (χ1) is 12.3. The van der Waals surface area contributed by atoms with E-state index in [0.29, 0.717) is 13.2 Å². The van der Waals surface area contributed by atoms with Crippen molar-refractivity contribution in [2.24, 2.45) is 0 Å². The Kier molecular flexibility index (Phi) is 5.88. The molecule has 1 aliphatic rings. The molecule has 1 aromatic carbocycles. The molecule has 2 aromatic rings. The van der Waals surface area contributed by atoms with Gasteiger partial charge in [-0.1, -0.05) is 24.2 Å². The lowest BCUT2D eigenvalue weighted by Crippen LogP contribution is -2.21. The van der Waals surface area contributed by atoms with Gasteiger partial charge >= 0.3 is 0 Å². The van der Waals surface area contributed by atoms with Crippen LogP contribution in [0.1, 0.15) is 48.8 Å². The molecule has 1 N–H and O–H groups in total.